The Morgan fingerprint density at radius 3 is 2.71 bits per heavy atom. The summed E-state index contributed by atoms with van der Waals surface area (Å²) in [5.74, 6) is 1.01. The molecule has 1 amide bonds. The van der Waals surface area contributed by atoms with Crippen LogP contribution in [-0.4, -0.2) is 56.8 Å². The summed E-state index contributed by atoms with van der Waals surface area (Å²) in [7, 11) is 0. The third-order valence-electron chi connectivity index (χ3n) is 7.46. The van der Waals surface area contributed by atoms with Crippen molar-refractivity contribution < 1.29 is 9.53 Å². The Balaban J connectivity index is 1.22. The Bertz CT molecular complexity index is 1710. The molecule has 3 aromatic carbocycles. The number of ether oxygens (including phenoxy) is 1. The number of anilines is 3. The second-order valence-corrected chi connectivity index (χ2v) is 10.5. The first-order chi connectivity index (χ1) is 20.7. The third-order valence-corrected chi connectivity index (χ3v) is 7.46. The number of carbonyl (C=O) groups excluding carboxylic acids is 1. The number of aromatic nitrogens is 4. The lowest BCUT2D eigenvalue weighted by Crippen LogP contribution is -2.29. The van der Waals surface area contributed by atoms with Gasteiger partial charge in [-0.05, 0) is 62.7 Å². The molecule has 1 aliphatic heterocycles. The molecule has 9 nitrogen and oxygen atoms in total. The van der Waals surface area contributed by atoms with Gasteiger partial charge in [0.05, 0.1) is 36.1 Å². The Kier molecular flexibility index (Phi) is 8.37. The number of hydrogen-bond acceptors (Lipinski definition) is 7. The van der Waals surface area contributed by atoms with Crippen molar-refractivity contribution in [1.82, 2.24) is 24.6 Å². The predicted octanol–water partition coefficient (Wildman–Crippen LogP) is 6.15. The quantitative estimate of drug-likeness (QED) is 0.197. The number of hydrogen-bond donors (Lipinski definition) is 2. The normalized spacial score (nSPS) is 14.0. The number of rotatable bonds is 10. The molecule has 42 heavy (non-hydrogen) atoms. The molecule has 1 fully saturated rings. The second-order valence-electron chi connectivity index (χ2n) is 10.5. The monoisotopic (exact) mass is 561 g/mol. The molecular formula is C33H35N7O2. The van der Waals surface area contributed by atoms with Crippen molar-refractivity contribution in [3.8, 4) is 5.75 Å². The molecule has 5 aromatic rings. The van der Waals surface area contributed by atoms with E-state index >= 15 is 0 Å². The smallest absolute Gasteiger partial charge is 0.248 e. The predicted molar refractivity (Wildman–Crippen MR) is 167 cm³/mol. The fourth-order valence-electron chi connectivity index (χ4n) is 5.37. The Morgan fingerprint density at radius 2 is 1.88 bits per heavy atom. The summed E-state index contributed by atoms with van der Waals surface area (Å²) in [6.07, 6.45) is 10.7. The minimum atomic E-state index is -0.198. The SMILES string of the molecule is CCOc1cc2ncnc(Nc3ccc4c(cnn4Cc4ccccc4)c3)c2cc1NC(=O)C=CCN1CCCCC1. The number of piperidine rings is 1. The molecule has 6 rings (SSSR count). The van der Waals surface area contributed by atoms with Crippen molar-refractivity contribution >= 4 is 44.9 Å². The molecule has 0 spiro atoms. The highest BCUT2D eigenvalue weighted by Gasteiger charge is 2.14. The maximum absolute atomic E-state index is 12.8. The van der Waals surface area contributed by atoms with Crippen molar-refractivity contribution in [2.45, 2.75) is 32.7 Å². The summed E-state index contributed by atoms with van der Waals surface area (Å²) >= 11 is 0. The number of likely N-dealkylation sites (tertiary alicyclic amines) is 1. The molecule has 0 atom stereocenters. The number of carbonyl (C=O) groups is 1. The summed E-state index contributed by atoms with van der Waals surface area (Å²) in [6.45, 7) is 6.04. The molecule has 2 aromatic heterocycles. The van der Waals surface area contributed by atoms with Crippen molar-refractivity contribution in [1.29, 1.82) is 0 Å². The average molecular weight is 562 g/mol. The van der Waals surface area contributed by atoms with Gasteiger partial charge in [-0.2, -0.15) is 5.10 Å². The first-order valence-electron chi connectivity index (χ1n) is 14.5. The molecule has 0 aliphatic carbocycles. The fraction of sp³-hybridized carbons (Fsp3) is 0.273. The van der Waals surface area contributed by atoms with Crippen LogP contribution in [0, 0.1) is 0 Å². The van der Waals surface area contributed by atoms with Crippen molar-refractivity contribution in [2.75, 3.05) is 36.9 Å². The van der Waals surface area contributed by atoms with Gasteiger partial charge in [-0.1, -0.05) is 42.8 Å². The van der Waals surface area contributed by atoms with Gasteiger partial charge in [-0.15, -0.1) is 0 Å². The topological polar surface area (TPSA) is 97.2 Å². The van der Waals surface area contributed by atoms with Crippen LogP contribution in [0.1, 0.15) is 31.7 Å². The highest BCUT2D eigenvalue weighted by Crippen LogP contribution is 2.34. The molecule has 3 heterocycles. The van der Waals surface area contributed by atoms with Crippen LogP contribution < -0.4 is 15.4 Å². The van der Waals surface area contributed by atoms with Crippen LogP contribution in [0.3, 0.4) is 0 Å². The minimum Gasteiger partial charge on any atom is -0.492 e. The molecule has 0 bridgehead atoms. The number of fused-ring (bicyclic) bond motifs is 2. The molecule has 0 unspecified atom stereocenters. The molecule has 1 aliphatic rings. The van der Waals surface area contributed by atoms with Gasteiger partial charge in [0.25, 0.3) is 0 Å². The van der Waals surface area contributed by atoms with Crippen LogP contribution in [0.4, 0.5) is 17.2 Å². The zero-order valence-corrected chi connectivity index (χ0v) is 23.8. The lowest BCUT2D eigenvalue weighted by atomic mass is 10.1. The van der Waals surface area contributed by atoms with E-state index in [4.69, 9.17) is 4.74 Å². The van der Waals surface area contributed by atoms with Crippen LogP contribution in [0.2, 0.25) is 0 Å². The fourth-order valence-corrected chi connectivity index (χ4v) is 5.37. The van der Waals surface area contributed by atoms with Gasteiger partial charge in [0.2, 0.25) is 5.91 Å². The lowest BCUT2D eigenvalue weighted by Gasteiger charge is -2.24. The van der Waals surface area contributed by atoms with Crippen LogP contribution in [0.5, 0.6) is 5.75 Å². The van der Waals surface area contributed by atoms with E-state index in [0.29, 0.717) is 35.9 Å². The van der Waals surface area contributed by atoms with Gasteiger partial charge >= 0.3 is 0 Å². The number of nitrogens with zero attached hydrogens (tertiary/aromatic N) is 5. The van der Waals surface area contributed by atoms with E-state index in [-0.39, 0.29) is 5.91 Å². The zero-order chi connectivity index (χ0) is 28.7. The van der Waals surface area contributed by atoms with Crippen LogP contribution in [0.25, 0.3) is 21.8 Å². The zero-order valence-electron chi connectivity index (χ0n) is 23.8. The van der Waals surface area contributed by atoms with Gasteiger partial charge in [-0.25, -0.2) is 9.97 Å². The summed E-state index contributed by atoms with van der Waals surface area (Å²) < 4.78 is 7.86. The molecular weight excluding hydrogens is 526 g/mol. The van der Waals surface area contributed by atoms with Gasteiger partial charge in [-0.3, -0.25) is 14.4 Å². The molecule has 0 radical (unpaired) electrons. The van der Waals surface area contributed by atoms with Crippen LogP contribution in [0.15, 0.2) is 85.3 Å². The Labute approximate surface area is 245 Å². The van der Waals surface area contributed by atoms with Gasteiger partial charge in [0.15, 0.2) is 0 Å². The lowest BCUT2D eigenvalue weighted by molar-refractivity contribution is -0.111. The summed E-state index contributed by atoms with van der Waals surface area (Å²) in [5, 5.41) is 12.8. The largest absolute Gasteiger partial charge is 0.492 e. The van der Waals surface area contributed by atoms with Crippen LogP contribution in [-0.2, 0) is 11.3 Å². The number of amides is 1. The summed E-state index contributed by atoms with van der Waals surface area (Å²) in [6, 6.07) is 20.1. The molecule has 214 valence electrons. The highest BCUT2D eigenvalue weighted by molar-refractivity contribution is 6.03. The van der Waals surface area contributed by atoms with E-state index in [0.717, 1.165) is 41.6 Å². The number of nitrogens with one attached hydrogen (secondary N) is 2. The first kappa shape index (κ1) is 27.4. The van der Waals surface area contributed by atoms with Crippen molar-refractivity contribution in [3.05, 3.63) is 90.9 Å². The van der Waals surface area contributed by atoms with Gasteiger partial charge in [0, 0.05) is 35.1 Å². The second kappa shape index (κ2) is 12.8. The number of benzene rings is 3. The molecule has 9 heteroatoms. The standard InChI is InChI=1S/C33H35N7O2/c1-2-42-31-20-28-27(19-29(31)38-32(41)12-9-17-39-15-7-4-8-16-39)33(35-23-34-28)37-26-13-14-30-25(18-26)21-36-40(30)22-24-10-5-3-6-11-24/h3,5-6,9-14,18-21,23H,2,4,7-8,15-17,22H2,1H3,(H,38,41)(H,34,35,37). The summed E-state index contributed by atoms with van der Waals surface area (Å²) in [4.78, 5) is 24.2. The summed E-state index contributed by atoms with van der Waals surface area (Å²) in [5.41, 5.74) is 4.42. The maximum Gasteiger partial charge on any atom is 0.248 e. The van der Waals surface area contributed by atoms with Gasteiger partial charge < -0.3 is 15.4 Å². The van der Waals surface area contributed by atoms with Gasteiger partial charge in [0.1, 0.15) is 17.9 Å². The molecule has 1 saturated heterocycles. The van der Waals surface area contributed by atoms with E-state index in [1.165, 1.54) is 31.2 Å². The average Bonchev–Trinajstić information content (AvgIpc) is 3.40. The van der Waals surface area contributed by atoms with E-state index < -0.39 is 0 Å². The minimum absolute atomic E-state index is 0.198. The molecule has 0 saturated carbocycles. The molecule has 2 N–H and O–H groups in total. The Morgan fingerprint density at radius 1 is 1.02 bits per heavy atom. The Hall–Kier alpha value is -4.76. The van der Waals surface area contributed by atoms with Crippen LogP contribution >= 0.6 is 0 Å². The van der Waals surface area contributed by atoms with E-state index in [1.54, 1.807) is 6.08 Å². The maximum atomic E-state index is 12.8. The van der Waals surface area contributed by atoms with E-state index in [1.807, 2.05) is 60.3 Å². The third kappa shape index (κ3) is 6.42. The van der Waals surface area contributed by atoms with E-state index in [9.17, 15) is 4.79 Å². The highest BCUT2D eigenvalue weighted by atomic mass is 16.5. The van der Waals surface area contributed by atoms with E-state index in [2.05, 4.69) is 54.9 Å². The van der Waals surface area contributed by atoms with Crippen molar-refractivity contribution in [3.63, 3.8) is 0 Å². The first-order valence-corrected chi connectivity index (χ1v) is 14.5. The van der Waals surface area contributed by atoms with Crippen molar-refractivity contribution in [2.24, 2.45) is 0 Å².